The Kier molecular flexibility index (Phi) is 5.51. The van der Waals surface area contributed by atoms with Crippen LogP contribution in [0.2, 0.25) is 0 Å². The topological polar surface area (TPSA) is 43.1 Å². The Morgan fingerprint density at radius 3 is 2.71 bits per heavy atom. The molecule has 1 aliphatic rings. The molecule has 0 bridgehead atoms. The maximum absolute atomic E-state index is 13.9. The van der Waals surface area contributed by atoms with Gasteiger partial charge in [-0.3, -0.25) is 9.69 Å². The van der Waals surface area contributed by atoms with Crippen LogP contribution in [0.15, 0.2) is 41.8 Å². The predicted molar refractivity (Wildman–Crippen MR) is 115 cm³/mol. The third-order valence-electron chi connectivity index (χ3n) is 6.14. The molecule has 0 saturated carbocycles. The van der Waals surface area contributed by atoms with Crippen molar-refractivity contribution >= 4 is 17.1 Å². The third kappa shape index (κ3) is 4.04. The maximum atomic E-state index is 13.9. The van der Waals surface area contributed by atoms with Crippen LogP contribution in [-0.2, 0) is 19.3 Å². The highest BCUT2D eigenvalue weighted by Gasteiger charge is 2.36. The first-order valence-corrected chi connectivity index (χ1v) is 10.3. The van der Waals surface area contributed by atoms with Crippen molar-refractivity contribution in [3.63, 3.8) is 0 Å². The average Bonchev–Trinajstić information content (AvgIpc) is 3.29. The summed E-state index contributed by atoms with van der Waals surface area (Å²) in [5, 5.41) is 4.59. The van der Waals surface area contributed by atoms with E-state index in [1.54, 1.807) is 35.3 Å². The van der Waals surface area contributed by atoms with E-state index in [0.29, 0.717) is 17.4 Å². The Morgan fingerprint density at radius 1 is 1.26 bits per heavy atom. The van der Waals surface area contributed by atoms with Crippen molar-refractivity contribution in [2.45, 2.75) is 52.0 Å². The van der Waals surface area contributed by atoms with Crippen molar-refractivity contribution in [2.75, 3.05) is 6.54 Å². The Balaban J connectivity index is 1.72. The lowest BCUT2D eigenvalue weighted by Gasteiger charge is -2.28. The molecule has 3 heterocycles. The van der Waals surface area contributed by atoms with Gasteiger partial charge in [0.2, 0.25) is 0 Å². The van der Waals surface area contributed by atoms with E-state index < -0.39 is 17.3 Å². The molecule has 0 unspecified atom stereocenters. The fourth-order valence-electron chi connectivity index (χ4n) is 4.46. The number of rotatable bonds is 5. The second-order valence-corrected chi connectivity index (χ2v) is 8.17. The summed E-state index contributed by atoms with van der Waals surface area (Å²) < 4.78 is 44.5. The van der Waals surface area contributed by atoms with Crippen LogP contribution in [0.4, 0.5) is 13.2 Å². The SMILES string of the molecule is C=Cn1ncc(CN2CCC[C@@H]2Cn2c(C(F)(F)F)cc(=O)c3cc(C)ccc32)c1C. The summed E-state index contributed by atoms with van der Waals surface area (Å²) in [4.78, 5) is 14.6. The molecule has 3 aromatic rings. The Morgan fingerprint density at radius 2 is 2.03 bits per heavy atom. The molecule has 1 saturated heterocycles. The lowest BCUT2D eigenvalue weighted by molar-refractivity contribution is -0.144. The number of hydrogen-bond acceptors (Lipinski definition) is 3. The number of halogens is 3. The van der Waals surface area contributed by atoms with Gasteiger partial charge >= 0.3 is 6.18 Å². The highest BCUT2D eigenvalue weighted by molar-refractivity contribution is 5.80. The van der Waals surface area contributed by atoms with E-state index in [-0.39, 0.29) is 12.6 Å². The van der Waals surface area contributed by atoms with Gasteiger partial charge in [0, 0.05) is 48.0 Å². The molecule has 0 N–H and O–H groups in total. The van der Waals surface area contributed by atoms with E-state index >= 15 is 0 Å². The summed E-state index contributed by atoms with van der Waals surface area (Å²) in [6, 6.07) is 5.70. The van der Waals surface area contributed by atoms with Crippen molar-refractivity contribution in [3.8, 4) is 0 Å². The van der Waals surface area contributed by atoms with Crippen LogP contribution in [0.25, 0.3) is 17.1 Å². The molecule has 1 fully saturated rings. The van der Waals surface area contributed by atoms with Gasteiger partial charge in [0.05, 0.1) is 11.7 Å². The summed E-state index contributed by atoms with van der Waals surface area (Å²) in [5.41, 5.74) is 1.68. The zero-order valence-corrected chi connectivity index (χ0v) is 17.6. The van der Waals surface area contributed by atoms with Crippen LogP contribution in [0.5, 0.6) is 0 Å². The number of nitrogens with zero attached hydrogens (tertiary/aromatic N) is 4. The number of hydrogen-bond donors (Lipinski definition) is 0. The van der Waals surface area contributed by atoms with Crippen LogP contribution in [0.1, 0.15) is 35.4 Å². The van der Waals surface area contributed by atoms with E-state index in [0.717, 1.165) is 42.3 Å². The van der Waals surface area contributed by atoms with Crippen molar-refractivity contribution < 1.29 is 13.2 Å². The van der Waals surface area contributed by atoms with Gasteiger partial charge in [0.15, 0.2) is 5.43 Å². The zero-order valence-electron chi connectivity index (χ0n) is 17.6. The van der Waals surface area contributed by atoms with Gasteiger partial charge in [-0.1, -0.05) is 18.2 Å². The Bertz CT molecular complexity index is 1190. The Hall–Kier alpha value is -2.87. The van der Waals surface area contributed by atoms with Crippen LogP contribution in [0, 0.1) is 13.8 Å². The van der Waals surface area contributed by atoms with E-state index in [1.807, 2.05) is 13.8 Å². The number of aryl methyl sites for hydroxylation is 1. The summed E-state index contributed by atoms with van der Waals surface area (Å²) in [5.74, 6) is 0. The average molecular weight is 430 g/mol. The summed E-state index contributed by atoms with van der Waals surface area (Å²) in [7, 11) is 0. The fourth-order valence-corrected chi connectivity index (χ4v) is 4.46. The largest absolute Gasteiger partial charge is 0.431 e. The normalized spacial score (nSPS) is 17.5. The van der Waals surface area contributed by atoms with Crippen LogP contribution in [0.3, 0.4) is 0 Å². The number of benzene rings is 1. The fraction of sp³-hybridized carbons (Fsp3) is 0.391. The molecule has 0 radical (unpaired) electrons. The van der Waals surface area contributed by atoms with E-state index in [9.17, 15) is 18.0 Å². The van der Waals surface area contributed by atoms with Gasteiger partial charge in [0.25, 0.3) is 0 Å². The van der Waals surface area contributed by atoms with E-state index in [4.69, 9.17) is 0 Å². The summed E-state index contributed by atoms with van der Waals surface area (Å²) >= 11 is 0. The van der Waals surface area contributed by atoms with Crippen LogP contribution in [-0.4, -0.2) is 31.8 Å². The third-order valence-corrected chi connectivity index (χ3v) is 6.14. The van der Waals surface area contributed by atoms with Gasteiger partial charge in [-0.2, -0.15) is 18.3 Å². The molecule has 0 amide bonds. The van der Waals surface area contributed by atoms with Crippen molar-refractivity contribution in [1.82, 2.24) is 19.2 Å². The molecule has 1 aliphatic heterocycles. The first kappa shape index (κ1) is 21.4. The molecular formula is C23H25F3N4O. The molecule has 5 nitrogen and oxygen atoms in total. The second kappa shape index (κ2) is 8.00. The monoisotopic (exact) mass is 430 g/mol. The van der Waals surface area contributed by atoms with Crippen molar-refractivity contribution in [2.24, 2.45) is 0 Å². The van der Waals surface area contributed by atoms with Gasteiger partial charge in [-0.05, 0) is 45.4 Å². The minimum atomic E-state index is -4.61. The van der Waals surface area contributed by atoms with Gasteiger partial charge in [0.1, 0.15) is 5.69 Å². The molecule has 1 atom stereocenters. The summed E-state index contributed by atoms with van der Waals surface area (Å²) in [6.45, 7) is 9.10. The van der Waals surface area contributed by atoms with Gasteiger partial charge in [-0.25, -0.2) is 4.68 Å². The zero-order chi connectivity index (χ0) is 22.3. The number of fused-ring (bicyclic) bond motifs is 1. The molecule has 2 aromatic heterocycles. The van der Waals surface area contributed by atoms with Crippen molar-refractivity contribution in [1.29, 1.82) is 0 Å². The number of alkyl halides is 3. The minimum absolute atomic E-state index is 0.0698. The van der Waals surface area contributed by atoms with Crippen LogP contribution >= 0.6 is 0 Å². The highest BCUT2D eigenvalue weighted by Crippen LogP contribution is 2.32. The molecule has 8 heteroatoms. The first-order valence-electron chi connectivity index (χ1n) is 10.3. The lowest BCUT2D eigenvalue weighted by Crippen LogP contribution is -2.35. The predicted octanol–water partition coefficient (Wildman–Crippen LogP) is 4.60. The second-order valence-electron chi connectivity index (χ2n) is 8.17. The smallest absolute Gasteiger partial charge is 0.335 e. The number of aromatic nitrogens is 3. The van der Waals surface area contributed by atoms with Crippen LogP contribution < -0.4 is 5.43 Å². The van der Waals surface area contributed by atoms with E-state index in [1.165, 1.54) is 4.57 Å². The minimum Gasteiger partial charge on any atom is -0.335 e. The highest BCUT2D eigenvalue weighted by atomic mass is 19.4. The maximum Gasteiger partial charge on any atom is 0.431 e. The standard InChI is InChI=1S/C23H25F3N4O/c1-4-30-16(3)17(12-27-30)13-28-9-5-6-18(28)14-29-20-8-7-15(2)10-19(20)21(31)11-22(29)23(24,25)26/h4,7-8,10-12,18H,1,5-6,9,13-14H2,2-3H3/t18-/m1/s1. The van der Waals surface area contributed by atoms with Gasteiger partial charge < -0.3 is 4.57 Å². The molecule has 1 aromatic carbocycles. The molecule has 31 heavy (non-hydrogen) atoms. The first-order chi connectivity index (χ1) is 14.7. The quantitative estimate of drug-likeness (QED) is 0.594. The molecule has 0 aliphatic carbocycles. The van der Waals surface area contributed by atoms with E-state index in [2.05, 4.69) is 16.6 Å². The summed E-state index contributed by atoms with van der Waals surface area (Å²) in [6.07, 6.45) is 0.516. The molecule has 4 rings (SSSR count). The Labute approximate surface area is 178 Å². The number of pyridine rings is 1. The molecule has 164 valence electrons. The molecular weight excluding hydrogens is 405 g/mol. The van der Waals surface area contributed by atoms with Crippen molar-refractivity contribution in [3.05, 3.63) is 69.8 Å². The van der Waals surface area contributed by atoms with Gasteiger partial charge in [-0.15, -0.1) is 0 Å². The molecule has 0 spiro atoms. The lowest BCUT2D eigenvalue weighted by atomic mass is 10.1. The number of likely N-dealkylation sites (tertiary alicyclic amines) is 1.